The molecule has 0 unspecified atom stereocenters. The van der Waals surface area contributed by atoms with Crippen LogP contribution in [0.3, 0.4) is 0 Å². The summed E-state index contributed by atoms with van der Waals surface area (Å²) in [6.45, 7) is 0. The molecule has 0 aliphatic carbocycles. The van der Waals surface area contributed by atoms with E-state index in [-0.39, 0.29) is 0 Å². The number of aromatic nitrogens is 6. The number of nitrogens with zero attached hydrogens (tertiary/aromatic N) is 6. The van der Waals surface area contributed by atoms with Crippen LogP contribution >= 0.6 is 0 Å². The van der Waals surface area contributed by atoms with E-state index in [2.05, 4.69) is 147 Å². The molecule has 0 saturated carbocycles. The standard InChI is InChI=1S/C44H28N6/c1-2-9-33(10-3-1)49-26-23-32-27-41-37(28-40(32)49)35-11-5-7-14-39(35)50(41)34-21-19-31(20-22-34)44-47-38-13-6-4-12-36(38)42(48-44)29-15-17-30(18-16-29)43-45-24-8-25-46-43/h1-28H. The molecule has 6 nitrogen and oxygen atoms in total. The molecule has 0 aliphatic heterocycles. The summed E-state index contributed by atoms with van der Waals surface area (Å²) in [6, 6.07) is 52.9. The number of para-hydroxylation sites is 3. The number of benzene rings is 6. The molecule has 0 aliphatic rings. The third-order valence-corrected chi connectivity index (χ3v) is 9.49. The Balaban J connectivity index is 1.07. The molecule has 0 N–H and O–H groups in total. The first-order valence-corrected chi connectivity index (χ1v) is 16.6. The van der Waals surface area contributed by atoms with E-state index >= 15 is 0 Å². The van der Waals surface area contributed by atoms with E-state index in [0.29, 0.717) is 11.6 Å². The van der Waals surface area contributed by atoms with Gasteiger partial charge >= 0.3 is 0 Å². The quantitative estimate of drug-likeness (QED) is 0.188. The van der Waals surface area contributed by atoms with Gasteiger partial charge in [-0.3, -0.25) is 0 Å². The Labute approximate surface area is 287 Å². The van der Waals surface area contributed by atoms with E-state index in [9.17, 15) is 0 Å². The Morgan fingerprint density at radius 3 is 1.92 bits per heavy atom. The molecule has 0 spiro atoms. The summed E-state index contributed by atoms with van der Waals surface area (Å²) in [5, 5.41) is 4.65. The minimum Gasteiger partial charge on any atom is -0.317 e. The zero-order valence-corrected chi connectivity index (χ0v) is 26.8. The van der Waals surface area contributed by atoms with Crippen LogP contribution in [0.1, 0.15) is 0 Å². The largest absolute Gasteiger partial charge is 0.317 e. The zero-order chi connectivity index (χ0) is 33.0. The monoisotopic (exact) mass is 640 g/mol. The van der Waals surface area contributed by atoms with Crippen molar-refractivity contribution in [2.75, 3.05) is 0 Å². The number of hydrogen-bond acceptors (Lipinski definition) is 4. The lowest BCUT2D eigenvalue weighted by Crippen LogP contribution is -1.97. The maximum Gasteiger partial charge on any atom is 0.160 e. The van der Waals surface area contributed by atoms with Gasteiger partial charge in [0.25, 0.3) is 0 Å². The Bertz CT molecular complexity index is 2840. The van der Waals surface area contributed by atoms with Crippen molar-refractivity contribution in [2.24, 2.45) is 0 Å². The van der Waals surface area contributed by atoms with E-state index in [1.165, 1.54) is 32.7 Å². The van der Waals surface area contributed by atoms with Crippen molar-refractivity contribution in [3.8, 4) is 45.4 Å². The van der Waals surface area contributed by atoms with Crippen molar-refractivity contribution >= 4 is 43.6 Å². The van der Waals surface area contributed by atoms with Crippen molar-refractivity contribution in [3.05, 3.63) is 170 Å². The first-order chi connectivity index (χ1) is 24.8. The summed E-state index contributed by atoms with van der Waals surface area (Å²) in [6.07, 6.45) is 5.68. The fourth-order valence-electron chi connectivity index (χ4n) is 7.10. The maximum absolute atomic E-state index is 5.15. The molecule has 234 valence electrons. The molecule has 0 saturated heterocycles. The average Bonchev–Trinajstić information content (AvgIpc) is 3.76. The third-order valence-electron chi connectivity index (χ3n) is 9.49. The highest BCUT2D eigenvalue weighted by molar-refractivity contribution is 6.13. The SMILES string of the molecule is c1ccc(-n2ccc3cc4c(cc32)c2ccccc2n4-c2ccc(-c3nc(-c4ccc(-c5ncccn5)cc4)c4ccccc4n3)cc2)cc1. The molecule has 6 heteroatoms. The van der Waals surface area contributed by atoms with Gasteiger partial charge in [-0.1, -0.05) is 78.9 Å². The molecule has 50 heavy (non-hydrogen) atoms. The van der Waals surface area contributed by atoms with Crippen LogP contribution in [-0.2, 0) is 0 Å². The van der Waals surface area contributed by atoms with Crippen LogP contribution in [0.5, 0.6) is 0 Å². The van der Waals surface area contributed by atoms with Gasteiger partial charge < -0.3 is 9.13 Å². The first kappa shape index (κ1) is 28.1. The zero-order valence-electron chi connectivity index (χ0n) is 26.8. The van der Waals surface area contributed by atoms with Gasteiger partial charge in [-0.25, -0.2) is 19.9 Å². The van der Waals surface area contributed by atoms with Gasteiger partial charge in [-0.05, 0) is 72.8 Å². The van der Waals surface area contributed by atoms with Gasteiger partial charge in [-0.15, -0.1) is 0 Å². The molecule has 6 aromatic carbocycles. The van der Waals surface area contributed by atoms with E-state index in [0.717, 1.165) is 44.7 Å². The van der Waals surface area contributed by atoms with Crippen molar-refractivity contribution in [2.45, 2.75) is 0 Å². The van der Waals surface area contributed by atoms with Crippen molar-refractivity contribution < 1.29 is 0 Å². The highest BCUT2D eigenvalue weighted by Crippen LogP contribution is 2.37. The van der Waals surface area contributed by atoms with E-state index in [1.54, 1.807) is 12.4 Å². The number of hydrogen-bond donors (Lipinski definition) is 0. The predicted molar refractivity (Wildman–Crippen MR) is 203 cm³/mol. The van der Waals surface area contributed by atoms with E-state index in [1.807, 2.05) is 30.3 Å². The van der Waals surface area contributed by atoms with Crippen LogP contribution in [0.15, 0.2) is 170 Å². The van der Waals surface area contributed by atoms with Crippen molar-refractivity contribution in [1.82, 2.24) is 29.1 Å². The van der Waals surface area contributed by atoms with Gasteiger partial charge in [0.15, 0.2) is 11.6 Å². The smallest absolute Gasteiger partial charge is 0.160 e. The van der Waals surface area contributed by atoms with Crippen LogP contribution in [0.25, 0.3) is 89.0 Å². The maximum atomic E-state index is 5.15. The second-order valence-electron chi connectivity index (χ2n) is 12.4. The van der Waals surface area contributed by atoms with Crippen LogP contribution < -0.4 is 0 Å². The molecule has 0 fully saturated rings. The Morgan fingerprint density at radius 2 is 1.10 bits per heavy atom. The average molecular weight is 641 g/mol. The van der Waals surface area contributed by atoms with Crippen molar-refractivity contribution in [3.63, 3.8) is 0 Å². The number of rotatable bonds is 5. The Kier molecular flexibility index (Phi) is 6.39. The highest BCUT2D eigenvalue weighted by Gasteiger charge is 2.16. The molecule has 10 rings (SSSR count). The molecule has 0 bridgehead atoms. The Morgan fingerprint density at radius 1 is 0.420 bits per heavy atom. The normalized spacial score (nSPS) is 11.6. The topological polar surface area (TPSA) is 61.4 Å². The summed E-state index contributed by atoms with van der Waals surface area (Å²) in [4.78, 5) is 19.0. The van der Waals surface area contributed by atoms with Crippen LogP contribution in [0.4, 0.5) is 0 Å². The van der Waals surface area contributed by atoms with Crippen LogP contribution in [0, 0.1) is 0 Å². The summed E-state index contributed by atoms with van der Waals surface area (Å²) >= 11 is 0. The lowest BCUT2D eigenvalue weighted by molar-refractivity contribution is 1.13. The first-order valence-electron chi connectivity index (χ1n) is 16.6. The van der Waals surface area contributed by atoms with Gasteiger partial charge in [0.2, 0.25) is 0 Å². The minimum atomic E-state index is 0.687. The van der Waals surface area contributed by atoms with Crippen molar-refractivity contribution in [1.29, 1.82) is 0 Å². The second kappa shape index (κ2) is 11.4. The Hall–Kier alpha value is -6.92. The van der Waals surface area contributed by atoms with Crippen LogP contribution in [0.2, 0.25) is 0 Å². The summed E-state index contributed by atoms with van der Waals surface area (Å²) < 4.78 is 4.62. The van der Waals surface area contributed by atoms with E-state index in [4.69, 9.17) is 9.97 Å². The molecule has 4 aromatic heterocycles. The molecule has 0 radical (unpaired) electrons. The van der Waals surface area contributed by atoms with Gasteiger partial charge in [-0.2, -0.15) is 0 Å². The van der Waals surface area contributed by atoms with Gasteiger partial charge in [0.1, 0.15) is 0 Å². The van der Waals surface area contributed by atoms with Gasteiger partial charge in [0, 0.05) is 68.2 Å². The second-order valence-corrected chi connectivity index (χ2v) is 12.4. The summed E-state index contributed by atoms with van der Waals surface area (Å²) in [5.41, 5.74) is 10.5. The lowest BCUT2D eigenvalue weighted by atomic mass is 10.0. The lowest BCUT2D eigenvalue weighted by Gasteiger charge is -2.12. The third kappa shape index (κ3) is 4.58. The molecule has 0 amide bonds. The minimum absolute atomic E-state index is 0.687. The summed E-state index contributed by atoms with van der Waals surface area (Å²) in [5.74, 6) is 1.39. The fraction of sp³-hybridized carbons (Fsp3) is 0. The highest BCUT2D eigenvalue weighted by atomic mass is 15.0. The molecule has 0 atom stereocenters. The van der Waals surface area contributed by atoms with Gasteiger partial charge in [0.05, 0.1) is 27.8 Å². The van der Waals surface area contributed by atoms with Crippen LogP contribution in [-0.4, -0.2) is 29.1 Å². The molecular weight excluding hydrogens is 613 g/mol. The molecule has 4 heterocycles. The predicted octanol–water partition coefficient (Wildman–Crippen LogP) is 10.5. The van der Waals surface area contributed by atoms with E-state index < -0.39 is 0 Å². The fourth-order valence-corrected chi connectivity index (χ4v) is 7.10. The summed E-state index contributed by atoms with van der Waals surface area (Å²) in [7, 11) is 0. The molecule has 10 aromatic rings. The number of fused-ring (bicyclic) bond motifs is 5. The molecular formula is C44H28N6.